The molecule has 0 aliphatic carbocycles. The maximum atomic E-state index is 13.2. The monoisotopic (exact) mass is 928 g/mol. The molecular weight excluding hydrogens is 883 g/mol. The number of ether oxygens (including phenoxy) is 5. The number of nitrogens with one attached hydrogen (secondary N) is 3. The van der Waals surface area contributed by atoms with Crippen molar-refractivity contribution in [3.8, 4) is 17.1 Å². The molecular formula is C39H45IN8O11. The molecule has 19 nitrogen and oxygen atoms in total. The van der Waals surface area contributed by atoms with Crippen molar-refractivity contribution < 1.29 is 52.1 Å². The molecule has 5 amide bonds. The molecule has 0 saturated carbocycles. The molecule has 6 rings (SSSR count). The molecule has 0 bridgehead atoms. The number of fused-ring (bicyclic) bond motifs is 1. The highest BCUT2D eigenvalue weighted by atomic mass is 127. The largest absolute Gasteiger partial charge is 0.496 e. The second kappa shape index (κ2) is 21.6. The number of carbonyl (C=O) groups is 5. The van der Waals surface area contributed by atoms with Gasteiger partial charge in [-0.25, -0.2) is 9.67 Å². The Hall–Kier alpha value is -5.29. The third kappa shape index (κ3) is 11.5. The minimum Gasteiger partial charge on any atom is -0.496 e. The van der Waals surface area contributed by atoms with Crippen molar-refractivity contribution >= 4 is 57.8 Å². The van der Waals surface area contributed by atoms with Gasteiger partial charge in [0.15, 0.2) is 17.8 Å². The summed E-state index contributed by atoms with van der Waals surface area (Å²) in [5.41, 5.74) is 2.65. The van der Waals surface area contributed by atoms with Gasteiger partial charge in [0.1, 0.15) is 11.8 Å². The molecule has 314 valence electrons. The van der Waals surface area contributed by atoms with E-state index in [2.05, 4.69) is 53.8 Å². The molecule has 4 aromatic rings. The minimum absolute atomic E-state index is 0.0591. The molecule has 1 atom stereocenters. The number of piperidine rings is 1. The van der Waals surface area contributed by atoms with E-state index in [0.29, 0.717) is 96.8 Å². The molecule has 59 heavy (non-hydrogen) atoms. The van der Waals surface area contributed by atoms with Gasteiger partial charge in [-0.1, -0.05) is 11.3 Å². The molecule has 4 heterocycles. The van der Waals surface area contributed by atoms with E-state index in [1.165, 1.54) is 6.39 Å². The van der Waals surface area contributed by atoms with E-state index in [9.17, 15) is 24.0 Å². The van der Waals surface area contributed by atoms with Gasteiger partial charge in [-0.3, -0.25) is 34.2 Å². The Bertz CT molecular complexity index is 2110. The van der Waals surface area contributed by atoms with E-state index < -0.39 is 29.7 Å². The van der Waals surface area contributed by atoms with Gasteiger partial charge < -0.3 is 38.7 Å². The Balaban J connectivity index is 0.749. The molecule has 0 spiro atoms. The zero-order chi connectivity index (χ0) is 41.6. The Morgan fingerprint density at radius 3 is 2.42 bits per heavy atom. The second-order valence-electron chi connectivity index (χ2n) is 13.3. The number of rotatable bonds is 24. The van der Waals surface area contributed by atoms with Crippen LogP contribution in [0.1, 0.15) is 56.2 Å². The average Bonchev–Trinajstić information content (AvgIpc) is 3.97. The summed E-state index contributed by atoms with van der Waals surface area (Å²) in [7, 11) is 1.60. The number of carbonyl (C=O) groups excluding carboxylic acids is 5. The van der Waals surface area contributed by atoms with Crippen LogP contribution >= 0.6 is 22.6 Å². The lowest BCUT2D eigenvalue weighted by molar-refractivity contribution is -0.136. The lowest BCUT2D eigenvalue weighted by atomic mass is 10.0. The molecule has 0 radical (unpaired) electrons. The number of nitrogens with zero attached hydrogens (tertiary/aromatic N) is 5. The number of halogens is 1. The summed E-state index contributed by atoms with van der Waals surface area (Å²) in [6.07, 6.45) is 4.59. The summed E-state index contributed by atoms with van der Waals surface area (Å²) in [5.74, 6) is -1.37. The van der Waals surface area contributed by atoms with Gasteiger partial charge >= 0.3 is 0 Å². The molecule has 2 aromatic carbocycles. The van der Waals surface area contributed by atoms with Crippen LogP contribution in [0.15, 0.2) is 53.4 Å². The first-order valence-electron chi connectivity index (χ1n) is 19.1. The Morgan fingerprint density at radius 2 is 1.69 bits per heavy atom. The summed E-state index contributed by atoms with van der Waals surface area (Å²) in [6.45, 7) is 4.48. The highest BCUT2D eigenvalue weighted by Crippen LogP contribution is 2.33. The van der Waals surface area contributed by atoms with E-state index in [0.717, 1.165) is 25.5 Å². The molecule has 1 saturated heterocycles. The first-order valence-corrected chi connectivity index (χ1v) is 20.2. The number of aromatic nitrogens is 4. The van der Waals surface area contributed by atoms with Gasteiger partial charge in [0.25, 0.3) is 17.7 Å². The van der Waals surface area contributed by atoms with Crippen molar-refractivity contribution in [3.05, 3.63) is 75.1 Å². The molecule has 3 N–H and O–H groups in total. The first-order chi connectivity index (χ1) is 28.7. The number of oxazole rings is 1. The standard InChI is InChI=1S/C39H45IN8O11/c1-54-31-9-7-25(22-28(31)40)35-34(43-24-59-35)37(51)42-11-3-4-26-23-47(46-45-26)13-15-56-17-19-58-21-20-57-18-16-55-14-12-41-29-6-2-5-27-33(29)39(53)48(38(27)52)30-8-10-32(49)44-36(30)50/h2,5-7,9,22-24,30,41H,3-4,8,10-21H2,1H3,(H,42,51)(H,44,49,50). The SMILES string of the molecule is COc1ccc(-c2ocnc2C(=O)NCCCc2cn(CCOCCOCCOCCOCCNc3cccc4c3C(=O)N(C3CCC(=O)NC3=O)C4=O)nn2)cc1I. The quantitative estimate of drug-likeness (QED) is 0.0521. The van der Waals surface area contributed by atoms with Crippen molar-refractivity contribution in [1.82, 2.24) is 35.5 Å². The topological polar surface area (TPSA) is 228 Å². The van der Waals surface area contributed by atoms with Gasteiger partial charge in [-0.15, -0.1) is 5.10 Å². The van der Waals surface area contributed by atoms with Gasteiger partial charge in [-0.2, -0.15) is 0 Å². The lowest BCUT2D eigenvalue weighted by Gasteiger charge is -2.27. The van der Waals surface area contributed by atoms with Crippen LogP contribution in [-0.2, 0) is 41.5 Å². The van der Waals surface area contributed by atoms with Crippen LogP contribution in [0, 0.1) is 3.57 Å². The maximum Gasteiger partial charge on any atom is 0.273 e. The summed E-state index contributed by atoms with van der Waals surface area (Å²) in [6, 6.07) is 9.40. The predicted octanol–water partition coefficient (Wildman–Crippen LogP) is 2.49. The van der Waals surface area contributed by atoms with Gasteiger partial charge in [0, 0.05) is 37.0 Å². The van der Waals surface area contributed by atoms with Crippen LogP contribution in [0.3, 0.4) is 0 Å². The van der Waals surface area contributed by atoms with Crippen LogP contribution in [-0.4, -0.2) is 134 Å². The number of hydrogen-bond acceptors (Lipinski definition) is 15. The highest BCUT2D eigenvalue weighted by molar-refractivity contribution is 14.1. The van der Waals surface area contributed by atoms with Crippen LogP contribution in [0.2, 0.25) is 0 Å². The van der Waals surface area contributed by atoms with Gasteiger partial charge in [0.05, 0.1) is 86.9 Å². The van der Waals surface area contributed by atoms with Crippen molar-refractivity contribution in [2.75, 3.05) is 78.4 Å². The van der Waals surface area contributed by atoms with Crippen LogP contribution < -0.4 is 20.7 Å². The number of amides is 5. The summed E-state index contributed by atoms with van der Waals surface area (Å²) in [4.78, 5) is 67.9. The average molecular weight is 929 g/mol. The number of anilines is 1. The van der Waals surface area contributed by atoms with Crippen LogP contribution in [0.4, 0.5) is 5.69 Å². The number of hydrogen-bond donors (Lipinski definition) is 3. The van der Waals surface area contributed by atoms with Gasteiger partial charge in [0.2, 0.25) is 11.8 Å². The Labute approximate surface area is 352 Å². The molecule has 2 aromatic heterocycles. The second-order valence-corrected chi connectivity index (χ2v) is 14.4. The fourth-order valence-corrected chi connectivity index (χ4v) is 7.11. The molecule has 2 aliphatic heterocycles. The first kappa shape index (κ1) is 43.3. The zero-order valence-corrected chi connectivity index (χ0v) is 34.6. The predicted molar refractivity (Wildman–Crippen MR) is 217 cm³/mol. The van der Waals surface area contributed by atoms with E-state index >= 15 is 0 Å². The summed E-state index contributed by atoms with van der Waals surface area (Å²) >= 11 is 2.16. The fraction of sp³-hybridized carbons (Fsp3) is 0.436. The van der Waals surface area contributed by atoms with Crippen molar-refractivity contribution in [2.24, 2.45) is 0 Å². The molecule has 1 unspecified atom stereocenters. The smallest absolute Gasteiger partial charge is 0.273 e. The molecule has 1 fully saturated rings. The molecule has 20 heteroatoms. The fourth-order valence-electron chi connectivity index (χ4n) is 6.38. The number of aryl methyl sites for hydroxylation is 1. The highest BCUT2D eigenvalue weighted by Gasteiger charge is 2.45. The summed E-state index contributed by atoms with van der Waals surface area (Å²) in [5, 5.41) is 16.6. The Morgan fingerprint density at radius 1 is 0.949 bits per heavy atom. The zero-order valence-electron chi connectivity index (χ0n) is 32.4. The van der Waals surface area contributed by atoms with Gasteiger partial charge in [-0.05, 0) is 72.2 Å². The van der Waals surface area contributed by atoms with Crippen molar-refractivity contribution in [1.29, 1.82) is 0 Å². The normalized spacial score (nSPS) is 15.1. The van der Waals surface area contributed by atoms with E-state index in [4.69, 9.17) is 28.1 Å². The van der Waals surface area contributed by atoms with Crippen LogP contribution in [0.5, 0.6) is 5.75 Å². The van der Waals surface area contributed by atoms with Crippen molar-refractivity contribution in [3.63, 3.8) is 0 Å². The van der Waals surface area contributed by atoms with E-state index in [1.54, 1.807) is 30.0 Å². The van der Waals surface area contributed by atoms with Crippen molar-refractivity contribution in [2.45, 2.75) is 38.3 Å². The number of imide groups is 2. The van der Waals surface area contributed by atoms with E-state index in [1.807, 2.05) is 24.4 Å². The van der Waals surface area contributed by atoms with Crippen LogP contribution in [0.25, 0.3) is 11.3 Å². The summed E-state index contributed by atoms with van der Waals surface area (Å²) < 4.78 is 35.8. The minimum atomic E-state index is -1.02. The third-order valence-electron chi connectivity index (χ3n) is 9.29. The third-order valence-corrected chi connectivity index (χ3v) is 10.1. The molecule has 2 aliphatic rings. The Kier molecular flexibility index (Phi) is 15.9. The number of methoxy groups -OCH3 is 1. The van der Waals surface area contributed by atoms with E-state index in [-0.39, 0.29) is 35.6 Å². The lowest BCUT2D eigenvalue weighted by Crippen LogP contribution is -2.54. The number of benzene rings is 2. The maximum absolute atomic E-state index is 13.2.